The minimum absolute atomic E-state index is 0.00661. The van der Waals surface area contributed by atoms with Crippen LogP contribution >= 0.6 is 11.3 Å². The van der Waals surface area contributed by atoms with E-state index in [2.05, 4.69) is 15.5 Å². The molecule has 0 radical (unpaired) electrons. The Hall–Kier alpha value is -1.63. The number of carbonyl (C=O) groups excluding carboxylic acids is 1. The zero-order chi connectivity index (χ0) is 12.1. The van der Waals surface area contributed by atoms with Gasteiger partial charge in [-0.1, -0.05) is 19.0 Å². The molecular formula is C9H14N4O2S. The minimum atomic E-state index is -0.486. The summed E-state index contributed by atoms with van der Waals surface area (Å²) < 4.78 is 0. The molecule has 0 saturated heterocycles. The number of rotatable bonds is 4. The fourth-order valence-corrected chi connectivity index (χ4v) is 1.71. The number of carbonyl (C=O) groups is 1. The molecule has 0 aliphatic rings. The van der Waals surface area contributed by atoms with E-state index in [0.29, 0.717) is 4.88 Å². The molecule has 0 aromatic carbocycles. The van der Waals surface area contributed by atoms with Gasteiger partial charge in [0.15, 0.2) is 5.84 Å². The monoisotopic (exact) mass is 242 g/mol. The molecule has 4 N–H and O–H groups in total. The highest BCUT2D eigenvalue weighted by atomic mass is 32.1. The van der Waals surface area contributed by atoms with E-state index in [-0.39, 0.29) is 17.7 Å². The SMILES string of the molecule is CC(C)C(NC(=O)c1cncs1)C(N)=NO. The average Bonchev–Trinajstić information content (AvgIpc) is 2.77. The smallest absolute Gasteiger partial charge is 0.263 e. The summed E-state index contributed by atoms with van der Waals surface area (Å²) >= 11 is 1.24. The second-order valence-electron chi connectivity index (χ2n) is 3.59. The van der Waals surface area contributed by atoms with Gasteiger partial charge in [0.1, 0.15) is 4.88 Å². The van der Waals surface area contributed by atoms with E-state index in [0.717, 1.165) is 0 Å². The number of nitrogens with one attached hydrogen (secondary N) is 1. The zero-order valence-corrected chi connectivity index (χ0v) is 9.86. The molecule has 1 rings (SSSR count). The maximum atomic E-state index is 11.7. The molecule has 0 spiro atoms. The highest BCUT2D eigenvalue weighted by molar-refractivity contribution is 7.11. The number of hydrogen-bond acceptors (Lipinski definition) is 5. The third-order valence-corrected chi connectivity index (χ3v) is 2.82. The van der Waals surface area contributed by atoms with Gasteiger partial charge in [-0.15, -0.1) is 11.3 Å². The Morgan fingerprint density at radius 1 is 1.69 bits per heavy atom. The molecule has 88 valence electrons. The third kappa shape index (κ3) is 2.93. The normalized spacial score (nSPS) is 13.8. The summed E-state index contributed by atoms with van der Waals surface area (Å²) in [6.07, 6.45) is 1.48. The number of nitrogens with zero attached hydrogens (tertiary/aromatic N) is 2. The van der Waals surface area contributed by atoms with Crippen LogP contribution < -0.4 is 11.1 Å². The summed E-state index contributed by atoms with van der Waals surface area (Å²) in [5, 5.41) is 14.2. The molecule has 0 aliphatic heterocycles. The van der Waals surface area contributed by atoms with Crippen molar-refractivity contribution in [2.24, 2.45) is 16.8 Å². The lowest BCUT2D eigenvalue weighted by Crippen LogP contribution is -2.47. The number of oxime groups is 1. The largest absolute Gasteiger partial charge is 0.409 e. The number of thiazole rings is 1. The Morgan fingerprint density at radius 2 is 2.38 bits per heavy atom. The molecular weight excluding hydrogens is 228 g/mol. The van der Waals surface area contributed by atoms with Gasteiger partial charge in [0.25, 0.3) is 5.91 Å². The van der Waals surface area contributed by atoms with E-state index in [1.54, 1.807) is 5.51 Å². The Balaban J connectivity index is 2.73. The summed E-state index contributed by atoms with van der Waals surface area (Å²) in [5.41, 5.74) is 7.07. The van der Waals surface area contributed by atoms with Crippen LogP contribution in [0.1, 0.15) is 23.5 Å². The standard InChI is InChI=1S/C9H14N4O2S/c1-5(2)7(8(10)13-15)12-9(14)6-3-11-4-16-6/h3-5,7,15H,1-2H3,(H2,10,13)(H,12,14). The van der Waals surface area contributed by atoms with Gasteiger partial charge in [-0.25, -0.2) is 0 Å². The van der Waals surface area contributed by atoms with Crippen molar-refractivity contribution in [1.82, 2.24) is 10.3 Å². The average molecular weight is 242 g/mol. The van der Waals surface area contributed by atoms with Crippen molar-refractivity contribution >= 4 is 23.1 Å². The van der Waals surface area contributed by atoms with Crippen molar-refractivity contribution in [3.63, 3.8) is 0 Å². The molecule has 1 aromatic rings. The van der Waals surface area contributed by atoms with Crippen molar-refractivity contribution in [3.8, 4) is 0 Å². The van der Waals surface area contributed by atoms with Gasteiger partial charge < -0.3 is 16.3 Å². The Morgan fingerprint density at radius 3 is 2.81 bits per heavy atom. The second kappa shape index (κ2) is 5.45. The zero-order valence-electron chi connectivity index (χ0n) is 9.04. The van der Waals surface area contributed by atoms with E-state index < -0.39 is 6.04 Å². The van der Waals surface area contributed by atoms with Crippen LogP contribution in [0, 0.1) is 5.92 Å². The van der Waals surface area contributed by atoms with Gasteiger partial charge in [-0.3, -0.25) is 9.78 Å². The summed E-state index contributed by atoms with van der Waals surface area (Å²) in [4.78, 5) is 16.0. The van der Waals surface area contributed by atoms with E-state index in [9.17, 15) is 4.79 Å². The van der Waals surface area contributed by atoms with Gasteiger partial charge in [-0.2, -0.15) is 0 Å². The predicted octanol–water partition coefficient (Wildman–Crippen LogP) is 0.644. The number of amides is 1. The van der Waals surface area contributed by atoms with E-state index in [1.807, 2.05) is 13.8 Å². The van der Waals surface area contributed by atoms with Crippen LogP contribution in [0.15, 0.2) is 16.9 Å². The first-order valence-corrected chi connectivity index (χ1v) is 5.61. The number of aromatic nitrogens is 1. The van der Waals surface area contributed by atoms with Crippen LogP contribution in [0.25, 0.3) is 0 Å². The fraction of sp³-hybridized carbons (Fsp3) is 0.444. The van der Waals surface area contributed by atoms with Crippen LogP contribution in [-0.4, -0.2) is 28.0 Å². The van der Waals surface area contributed by atoms with Gasteiger partial charge >= 0.3 is 0 Å². The van der Waals surface area contributed by atoms with Gasteiger partial charge in [0.2, 0.25) is 0 Å². The van der Waals surface area contributed by atoms with Crippen molar-refractivity contribution < 1.29 is 10.0 Å². The van der Waals surface area contributed by atoms with Crippen molar-refractivity contribution in [3.05, 3.63) is 16.6 Å². The molecule has 16 heavy (non-hydrogen) atoms. The second-order valence-corrected chi connectivity index (χ2v) is 4.47. The third-order valence-electron chi connectivity index (χ3n) is 2.04. The topological polar surface area (TPSA) is 101 Å². The van der Waals surface area contributed by atoms with E-state index in [1.165, 1.54) is 17.5 Å². The lowest BCUT2D eigenvalue weighted by atomic mass is 10.0. The maximum absolute atomic E-state index is 11.7. The Labute approximate surface area is 97.2 Å². The molecule has 1 heterocycles. The van der Waals surface area contributed by atoms with Crippen LogP contribution in [0.5, 0.6) is 0 Å². The number of nitrogens with two attached hydrogens (primary N) is 1. The fourth-order valence-electron chi connectivity index (χ4n) is 1.18. The minimum Gasteiger partial charge on any atom is -0.409 e. The quantitative estimate of drug-likeness (QED) is 0.312. The van der Waals surface area contributed by atoms with Crippen LogP contribution in [0.3, 0.4) is 0 Å². The van der Waals surface area contributed by atoms with Gasteiger partial charge in [0, 0.05) is 0 Å². The van der Waals surface area contributed by atoms with Crippen molar-refractivity contribution in [1.29, 1.82) is 0 Å². The first kappa shape index (κ1) is 12.4. The molecule has 1 unspecified atom stereocenters. The summed E-state index contributed by atoms with van der Waals surface area (Å²) in [6.45, 7) is 3.74. The van der Waals surface area contributed by atoms with E-state index in [4.69, 9.17) is 10.9 Å². The molecule has 7 heteroatoms. The first-order valence-electron chi connectivity index (χ1n) is 4.73. The molecule has 6 nitrogen and oxygen atoms in total. The van der Waals surface area contributed by atoms with E-state index >= 15 is 0 Å². The van der Waals surface area contributed by atoms with Crippen LogP contribution in [0.2, 0.25) is 0 Å². The highest BCUT2D eigenvalue weighted by Crippen LogP contribution is 2.08. The molecule has 0 bridgehead atoms. The first-order chi connectivity index (χ1) is 7.56. The molecule has 1 amide bonds. The van der Waals surface area contributed by atoms with Crippen molar-refractivity contribution in [2.75, 3.05) is 0 Å². The lowest BCUT2D eigenvalue weighted by molar-refractivity contribution is 0.0942. The van der Waals surface area contributed by atoms with Gasteiger partial charge in [0.05, 0.1) is 17.7 Å². The molecule has 0 saturated carbocycles. The Bertz CT molecular complexity index is 375. The summed E-state index contributed by atoms with van der Waals surface area (Å²) in [7, 11) is 0. The lowest BCUT2D eigenvalue weighted by Gasteiger charge is -2.20. The molecule has 0 fully saturated rings. The summed E-state index contributed by atoms with van der Waals surface area (Å²) in [6, 6.07) is -0.486. The summed E-state index contributed by atoms with van der Waals surface area (Å²) in [5.74, 6) is -0.242. The molecule has 1 atom stereocenters. The maximum Gasteiger partial charge on any atom is 0.263 e. The Kier molecular flexibility index (Phi) is 4.24. The van der Waals surface area contributed by atoms with Crippen LogP contribution in [0.4, 0.5) is 0 Å². The van der Waals surface area contributed by atoms with Crippen LogP contribution in [-0.2, 0) is 0 Å². The van der Waals surface area contributed by atoms with Gasteiger partial charge in [-0.05, 0) is 5.92 Å². The highest BCUT2D eigenvalue weighted by Gasteiger charge is 2.21. The van der Waals surface area contributed by atoms with Crippen molar-refractivity contribution in [2.45, 2.75) is 19.9 Å². The molecule has 1 aromatic heterocycles. The number of hydrogen-bond donors (Lipinski definition) is 3. The molecule has 0 aliphatic carbocycles. The predicted molar refractivity (Wildman–Crippen MR) is 61.6 cm³/mol. The number of amidine groups is 1.